The van der Waals surface area contributed by atoms with Gasteiger partial charge in [-0.1, -0.05) is 35.8 Å². The zero-order valence-electron chi connectivity index (χ0n) is 25.6. The number of carbonyl (C=O) groups excluding carboxylic acids is 1. The summed E-state index contributed by atoms with van der Waals surface area (Å²) in [5, 5.41) is 7.95. The lowest BCUT2D eigenvalue weighted by molar-refractivity contribution is -0.111. The lowest BCUT2D eigenvalue weighted by Gasteiger charge is -2.29. The first-order chi connectivity index (χ1) is 21.7. The van der Waals surface area contributed by atoms with E-state index in [0.29, 0.717) is 55.7 Å². The second-order valence-corrected chi connectivity index (χ2v) is 12.0. The Bertz CT molecular complexity index is 1920. The number of rotatable bonds is 8. The highest BCUT2D eigenvalue weighted by molar-refractivity contribution is 6.41. The molecule has 0 saturated carbocycles. The van der Waals surface area contributed by atoms with Crippen molar-refractivity contribution in [1.82, 2.24) is 19.3 Å². The Hall–Kier alpha value is -4.31. The number of methoxy groups -OCH3 is 2. The van der Waals surface area contributed by atoms with Crippen LogP contribution in [0.25, 0.3) is 27.7 Å². The Morgan fingerprint density at radius 2 is 1.76 bits per heavy atom. The molecule has 1 amide bonds. The van der Waals surface area contributed by atoms with Crippen LogP contribution in [0.5, 0.6) is 11.5 Å². The van der Waals surface area contributed by atoms with E-state index in [-0.39, 0.29) is 5.91 Å². The Labute approximate surface area is 271 Å². The van der Waals surface area contributed by atoms with Gasteiger partial charge in [0.25, 0.3) is 0 Å². The van der Waals surface area contributed by atoms with Crippen LogP contribution in [0.3, 0.4) is 0 Å². The molecule has 1 fully saturated rings. The zero-order chi connectivity index (χ0) is 31.8. The van der Waals surface area contributed by atoms with Crippen LogP contribution in [0, 0.1) is 6.92 Å². The van der Waals surface area contributed by atoms with Crippen LogP contribution >= 0.6 is 23.2 Å². The number of halogens is 2. The first kappa shape index (κ1) is 30.7. The summed E-state index contributed by atoms with van der Waals surface area (Å²) >= 11 is 13.6. The quantitative estimate of drug-likeness (QED) is 0.166. The van der Waals surface area contributed by atoms with E-state index in [9.17, 15) is 4.79 Å². The number of hydrogen-bond acceptors (Lipinski definition) is 7. The highest BCUT2D eigenvalue weighted by Gasteiger charge is 2.23. The molecule has 0 spiro atoms. The number of anilines is 3. The number of fused-ring (bicyclic) bond motifs is 3. The molecule has 0 radical (unpaired) electrons. The minimum atomic E-state index is -0.278. The zero-order valence-corrected chi connectivity index (χ0v) is 27.1. The number of nitrogens with one attached hydrogen (secondary N) is 2. The topological polar surface area (TPSA) is 93.0 Å². The average molecular weight is 646 g/mol. The van der Waals surface area contributed by atoms with E-state index in [1.54, 1.807) is 26.5 Å². The predicted molar refractivity (Wildman–Crippen MR) is 182 cm³/mol. The second-order valence-electron chi connectivity index (χ2n) is 11.2. The summed E-state index contributed by atoms with van der Waals surface area (Å²) in [5.41, 5.74) is 6.22. The first-order valence-electron chi connectivity index (χ1n) is 14.6. The Morgan fingerprint density at radius 1 is 1.04 bits per heavy atom. The normalized spacial score (nSPS) is 14.1. The molecular formula is C34H34Cl2N6O3. The predicted octanol–water partition coefficient (Wildman–Crippen LogP) is 7.86. The van der Waals surface area contributed by atoms with E-state index >= 15 is 0 Å². The van der Waals surface area contributed by atoms with Gasteiger partial charge in [-0.2, -0.15) is 0 Å². The van der Waals surface area contributed by atoms with E-state index < -0.39 is 0 Å². The largest absolute Gasteiger partial charge is 0.495 e. The maximum absolute atomic E-state index is 12.4. The summed E-state index contributed by atoms with van der Waals surface area (Å²) in [4.78, 5) is 24.3. The Kier molecular flexibility index (Phi) is 8.59. The fraction of sp³-hybridized carbons (Fsp3) is 0.265. The first-order valence-corrected chi connectivity index (χ1v) is 15.4. The van der Waals surface area contributed by atoms with E-state index in [1.807, 2.05) is 35.7 Å². The van der Waals surface area contributed by atoms with Crippen molar-refractivity contribution in [2.24, 2.45) is 0 Å². The highest BCUT2D eigenvalue weighted by atomic mass is 35.5. The van der Waals surface area contributed by atoms with Gasteiger partial charge in [0.1, 0.15) is 23.0 Å². The summed E-state index contributed by atoms with van der Waals surface area (Å²) in [7, 11) is 5.24. The van der Waals surface area contributed by atoms with Crippen molar-refractivity contribution in [2.45, 2.75) is 25.7 Å². The van der Waals surface area contributed by atoms with E-state index in [1.165, 1.54) is 11.6 Å². The van der Waals surface area contributed by atoms with E-state index in [4.69, 9.17) is 42.6 Å². The standard InChI is InChI=1S/C34H34Cl2N6O3/c1-6-30(43)40-25-14-21(20-9-11-41(3)12-10-20)7-8-24(25)39-29-15-26-22(17-37-29)13-23(34-38-19(2)18-42(26)34)31-32(35)27(44-4)16-28(45-5)33(31)36/h6-8,13-18,20H,1,9-12H2,2-5H3,(H,37,39)(H,40,43). The van der Waals surface area contributed by atoms with Crippen LogP contribution in [0.4, 0.5) is 17.2 Å². The molecule has 2 N–H and O–H groups in total. The summed E-state index contributed by atoms with van der Waals surface area (Å²) in [6.07, 6.45) is 7.16. The third-order valence-electron chi connectivity index (χ3n) is 8.32. The van der Waals surface area contributed by atoms with Gasteiger partial charge >= 0.3 is 0 Å². The fourth-order valence-electron chi connectivity index (χ4n) is 5.93. The lowest BCUT2D eigenvalue weighted by atomic mass is 9.89. The molecule has 0 unspecified atom stereocenters. The number of pyridine rings is 2. The molecule has 11 heteroatoms. The van der Waals surface area contributed by atoms with Gasteiger partial charge in [0.05, 0.1) is 46.9 Å². The van der Waals surface area contributed by atoms with Crippen molar-refractivity contribution < 1.29 is 14.3 Å². The van der Waals surface area contributed by atoms with Gasteiger partial charge in [-0.15, -0.1) is 0 Å². The number of benzene rings is 2. The van der Waals surface area contributed by atoms with Crippen LogP contribution in [-0.2, 0) is 4.79 Å². The number of aromatic nitrogens is 3. The molecule has 5 aromatic rings. The number of nitrogens with zero attached hydrogens (tertiary/aromatic N) is 4. The maximum atomic E-state index is 12.4. The third-order valence-corrected chi connectivity index (χ3v) is 9.07. The number of amides is 1. The molecule has 1 aliphatic heterocycles. The summed E-state index contributed by atoms with van der Waals surface area (Å²) in [5.74, 6) is 1.64. The Morgan fingerprint density at radius 3 is 2.42 bits per heavy atom. The number of hydrogen-bond donors (Lipinski definition) is 2. The SMILES string of the molecule is C=CC(=O)Nc1cc(C2CCN(C)CC2)ccc1Nc1cc2c(cn1)cc(-c1c(Cl)c(OC)cc(OC)c1Cl)c1nc(C)cn12. The average Bonchev–Trinajstić information content (AvgIpc) is 3.44. The van der Waals surface area contributed by atoms with Gasteiger partial charge in [0, 0.05) is 41.0 Å². The number of ether oxygens (including phenoxy) is 2. The molecule has 4 heterocycles. The van der Waals surface area contributed by atoms with E-state index in [0.717, 1.165) is 48.2 Å². The number of aryl methyl sites for hydroxylation is 1. The number of imidazole rings is 1. The second kappa shape index (κ2) is 12.6. The summed E-state index contributed by atoms with van der Waals surface area (Å²) in [6, 6.07) is 11.8. The van der Waals surface area contributed by atoms with Gasteiger partial charge in [-0.05, 0) is 75.7 Å². The minimum absolute atomic E-state index is 0.278. The van der Waals surface area contributed by atoms with Crippen molar-refractivity contribution >= 4 is 62.9 Å². The number of carbonyl (C=O) groups is 1. The van der Waals surface area contributed by atoms with E-state index in [2.05, 4.69) is 41.3 Å². The summed E-state index contributed by atoms with van der Waals surface area (Å²) < 4.78 is 13.0. The van der Waals surface area contributed by atoms with Crippen LogP contribution in [0.1, 0.15) is 30.0 Å². The smallest absolute Gasteiger partial charge is 0.247 e. The highest BCUT2D eigenvalue weighted by Crippen LogP contribution is 2.47. The monoisotopic (exact) mass is 644 g/mol. The van der Waals surface area contributed by atoms with Gasteiger partial charge in [0.2, 0.25) is 5.91 Å². The van der Waals surface area contributed by atoms with Crippen LogP contribution in [-0.4, -0.2) is 59.5 Å². The van der Waals surface area contributed by atoms with Crippen LogP contribution in [0.2, 0.25) is 10.0 Å². The van der Waals surface area contributed by atoms with Crippen LogP contribution < -0.4 is 20.1 Å². The van der Waals surface area contributed by atoms with Gasteiger partial charge in [-0.25, -0.2) is 9.97 Å². The maximum Gasteiger partial charge on any atom is 0.247 e. The van der Waals surface area contributed by atoms with Gasteiger partial charge in [0.15, 0.2) is 0 Å². The molecular weight excluding hydrogens is 611 g/mol. The fourth-order valence-corrected chi connectivity index (χ4v) is 6.64. The van der Waals surface area contributed by atoms with Crippen molar-refractivity contribution in [3.63, 3.8) is 0 Å². The number of piperidine rings is 1. The molecule has 45 heavy (non-hydrogen) atoms. The lowest BCUT2D eigenvalue weighted by Crippen LogP contribution is -2.29. The molecule has 232 valence electrons. The molecule has 1 saturated heterocycles. The molecule has 2 aromatic carbocycles. The molecule has 0 bridgehead atoms. The number of likely N-dealkylation sites (tertiary alicyclic amines) is 1. The molecule has 1 aliphatic rings. The van der Waals surface area contributed by atoms with Gasteiger partial charge in [-0.3, -0.25) is 9.20 Å². The van der Waals surface area contributed by atoms with Crippen molar-refractivity contribution in [1.29, 1.82) is 0 Å². The minimum Gasteiger partial charge on any atom is -0.495 e. The van der Waals surface area contributed by atoms with Gasteiger partial charge < -0.3 is 25.0 Å². The summed E-state index contributed by atoms with van der Waals surface area (Å²) in [6.45, 7) is 7.65. The van der Waals surface area contributed by atoms with Crippen molar-refractivity contribution in [3.8, 4) is 22.6 Å². The molecule has 0 aliphatic carbocycles. The van der Waals surface area contributed by atoms with Crippen LogP contribution in [0.15, 0.2) is 61.4 Å². The van der Waals surface area contributed by atoms with Crippen molar-refractivity contribution in [3.05, 3.63) is 82.7 Å². The van der Waals surface area contributed by atoms with Crippen molar-refractivity contribution in [2.75, 3.05) is 45.0 Å². The molecule has 6 rings (SSSR count). The third kappa shape index (κ3) is 5.91. The molecule has 9 nitrogen and oxygen atoms in total. The molecule has 0 atom stereocenters. The molecule has 3 aromatic heterocycles. The Balaban J connectivity index is 1.43.